The lowest BCUT2D eigenvalue weighted by atomic mass is 9.91. The Kier molecular flexibility index (Phi) is 9.56. The van der Waals surface area contributed by atoms with E-state index in [1.807, 2.05) is 13.8 Å². The SMILES string of the molecule is C/C=C/[C@@H](O)[C@H](C)C(=O)[C@H](C)CO[Si](C(C)C)(C(C)C)C(C)C. The van der Waals surface area contributed by atoms with Gasteiger partial charge >= 0.3 is 0 Å². The van der Waals surface area contributed by atoms with Crippen LogP contribution in [0.1, 0.15) is 62.3 Å². The van der Waals surface area contributed by atoms with E-state index in [9.17, 15) is 9.90 Å². The number of rotatable bonds is 10. The molecule has 0 aromatic heterocycles. The Morgan fingerprint density at radius 2 is 1.43 bits per heavy atom. The third kappa shape index (κ3) is 5.54. The molecule has 3 nitrogen and oxygen atoms in total. The standard InChI is InChI=1S/C19H38O3Si/c1-10-11-18(20)17(9)19(21)16(8)12-22-23(13(2)3,14(4)5)15(6)7/h10-11,13-18,20H,12H2,1-9H3/b11-10+/t16-,17+,18-/m1/s1. The first kappa shape index (κ1) is 22.5. The zero-order valence-corrected chi connectivity index (χ0v) is 17.6. The second-order valence-electron chi connectivity index (χ2n) is 7.74. The lowest BCUT2D eigenvalue weighted by molar-refractivity contribution is -0.129. The second-order valence-corrected chi connectivity index (χ2v) is 13.2. The molecule has 0 unspecified atom stereocenters. The summed E-state index contributed by atoms with van der Waals surface area (Å²) in [6.45, 7) is 19.5. The highest BCUT2D eigenvalue weighted by Crippen LogP contribution is 2.42. The van der Waals surface area contributed by atoms with Crippen LogP contribution < -0.4 is 0 Å². The minimum Gasteiger partial charge on any atom is -0.415 e. The summed E-state index contributed by atoms with van der Waals surface area (Å²) in [5, 5.41) is 9.99. The molecule has 0 aliphatic heterocycles. The van der Waals surface area contributed by atoms with Crippen molar-refractivity contribution in [1.82, 2.24) is 0 Å². The quantitative estimate of drug-likeness (QED) is 0.451. The van der Waals surface area contributed by atoms with E-state index in [0.29, 0.717) is 23.2 Å². The highest BCUT2D eigenvalue weighted by atomic mass is 28.4. The number of ketones is 1. The average molecular weight is 343 g/mol. The van der Waals surface area contributed by atoms with Crippen molar-refractivity contribution in [1.29, 1.82) is 0 Å². The van der Waals surface area contributed by atoms with Gasteiger partial charge in [0, 0.05) is 18.4 Å². The van der Waals surface area contributed by atoms with Gasteiger partial charge in [0.05, 0.1) is 6.10 Å². The Labute approximate surface area is 144 Å². The molecule has 3 atom stereocenters. The number of carbonyl (C=O) groups excluding carboxylic acids is 1. The van der Waals surface area contributed by atoms with Crippen LogP contribution in [0.2, 0.25) is 16.6 Å². The highest BCUT2D eigenvalue weighted by molar-refractivity contribution is 6.77. The molecule has 4 heteroatoms. The maximum absolute atomic E-state index is 12.5. The molecule has 0 bridgehead atoms. The number of hydrogen-bond acceptors (Lipinski definition) is 3. The molecule has 0 aliphatic rings. The molecule has 0 saturated carbocycles. The summed E-state index contributed by atoms with van der Waals surface area (Å²) in [6.07, 6.45) is 2.74. The molecule has 0 aromatic carbocycles. The van der Waals surface area contributed by atoms with Gasteiger partial charge < -0.3 is 9.53 Å². The summed E-state index contributed by atoms with van der Waals surface area (Å²) in [5.74, 6) is -0.499. The fraction of sp³-hybridized carbons (Fsp3) is 0.842. The van der Waals surface area contributed by atoms with E-state index in [2.05, 4.69) is 41.5 Å². The number of carbonyl (C=O) groups is 1. The molecule has 0 radical (unpaired) electrons. The normalized spacial score (nSPS) is 17.3. The van der Waals surface area contributed by atoms with Crippen LogP contribution in [0.25, 0.3) is 0 Å². The van der Waals surface area contributed by atoms with Gasteiger partial charge in [-0.25, -0.2) is 0 Å². The number of aliphatic hydroxyl groups excluding tert-OH is 1. The van der Waals surface area contributed by atoms with Gasteiger partial charge in [0.1, 0.15) is 5.78 Å². The van der Waals surface area contributed by atoms with Gasteiger partial charge in [-0.05, 0) is 23.5 Å². The monoisotopic (exact) mass is 342 g/mol. The topological polar surface area (TPSA) is 46.5 Å². The van der Waals surface area contributed by atoms with Gasteiger partial charge in [-0.15, -0.1) is 0 Å². The van der Waals surface area contributed by atoms with Gasteiger partial charge in [-0.2, -0.15) is 0 Å². The molecule has 0 rings (SSSR count). The molecule has 1 N–H and O–H groups in total. The van der Waals surface area contributed by atoms with Gasteiger partial charge in [-0.3, -0.25) is 4.79 Å². The van der Waals surface area contributed by atoms with E-state index in [1.54, 1.807) is 19.1 Å². The van der Waals surface area contributed by atoms with Crippen LogP contribution in [0.4, 0.5) is 0 Å². The first-order valence-electron chi connectivity index (χ1n) is 9.00. The zero-order valence-electron chi connectivity index (χ0n) is 16.6. The largest absolute Gasteiger partial charge is 0.415 e. The van der Waals surface area contributed by atoms with Crippen molar-refractivity contribution < 1.29 is 14.3 Å². The van der Waals surface area contributed by atoms with Crippen molar-refractivity contribution >= 4 is 14.1 Å². The smallest absolute Gasteiger partial charge is 0.200 e. The number of hydrogen-bond donors (Lipinski definition) is 1. The molecule has 0 aliphatic carbocycles. The van der Waals surface area contributed by atoms with Gasteiger partial charge in [-0.1, -0.05) is 67.5 Å². The van der Waals surface area contributed by atoms with Crippen molar-refractivity contribution in [2.24, 2.45) is 11.8 Å². The molecule has 0 fully saturated rings. The van der Waals surface area contributed by atoms with E-state index in [4.69, 9.17) is 4.43 Å². The minimum atomic E-state index is -1.94. The maximum atomic E-state index is 12.5. The van der Waals surface area contributed by atoms with Crippen molar-refractivity contribution in [2.75, 3.05) is 6.61 Å². The summed E-state index contributed by atoms with van der Waals surface area (Å²) in [5.41, 5.74) is 1.53. The van der Waals surface area contributed by atoms with Crippen molar-refractivity contribution in [3.63, 3.8) is 0 Å². The molecule has 23 heavy (non-hydrogen) atoms. The number of aliphatic hydroxyl groups is 1. The van der Waals surface area contributed by atoms with Crippen LogP contribution in [-0.2, 0) is 9.22 Å². The summed E-state index contributed by atoms with van der Waals surface area (Å²) in [7, 11) is -1.94. The van der Waals surface area contributed by atoms with Crippen LogP contribution in [0.15, 0.2) is 12.2 Å². The average Bonchev–Trinajstić information content (AvgIpc) is 2.45. The van der Waals surface area contributed by atoms with Crippen LogP contribution in [0.5, 0.6) is 0 Å². The van der Waals surface area contributed by atoms with Crippen LogP contribution >= 0.6 is 0 Å². The Hall–Kier alpha value is -0.453. The van der Waals surface area contributed by atoms with Crippen LogP contribution in [-0.4, -0.2) is 31.9 Å². The third-order valence-electron chi connectivity index (χ3n) is 5.13. The summed E-state index contributed by atoms with van der Waals surface area (Å²) >= 11 is 0. The van der Waals surface area contributed by atoms with Crippen LogP contribution in [0, 0.1) is 11.8 Å². The van der Waals surface area contributed by atoms with E-state index in [-0.39, 0.29) is 11.7 Å². The van der Waals surface area contributed by atoms with Crippen molar-refractivity contribution in [2.45, 2.75) is 85.0 Å². The first-order valence-corrected chi connectivity index (χ1v) is 11.1. The summed E-state index contributed by atoms with van der Waals surface area (Å²) < 4.78 is 6.51. The number of Topliss-reactive ketones (excluding diaryl/α,β-unsaturated/α-hetero) is 1. The minimum absolute atomic E-state index is 0.0785. The molecule has 0 aromatic rings. The first-order chi connectivity index (χ1) is 10.5. The van der Waals surface area contributed by atoms with Gasteiger partial charge in [0.2, 0.25) is 0 Å². The van der Waals surface area contributed by atoms with Crippen molar-refractivity contribution in [3.05, 3.63) is 12.2 Å². The number of allylic oxidation sites excluding steroid dienone is 1. The predicted octanol–water partition coefficient (Wildman–Crippen LogP) is 4.96. The molecular formula is C19H38O3Si. The zero-order chi connectivity index (χ0) is 18.4. The summed E-state index contributed by atoms with van der Waals surface area (Å²) in [6, 6.07) is 0. The van der Waals surface area contributed by atoms with Crippen molar-refractivity contribution in [3.8, 4) is 0 Å². The Morgan fingerprint density at radius 1 is 1.00 bits per heavy atom. The predicted molar refractivity (Wildman–Crippen MR) is 101 cm³/mol. The fourth-order valence-corrected chi connectivity index (χ4v) is 9.37. The third-order valence-corrected chi connectivity index (χ3v) is 11.2. The molecule has 0 saturated heterocycles. The summed E-state index contributed by atoms with van der Waals surface area (Å²) in [4.78, 5) is 12.5. The lowest BCUT2D eigenvalue weighted by Gasteiger charge is -2.42. The Balaban J connectivity index is 5.01. The Morgan fingerprint density at radius 3 is 1.78 bits per heavy atom. The van der Waals surface area contributed by atoms with Gasteiger partial charge in [0.25, 0.3) is 0 Å². The van der Waals surface area contributed by atoms with Gasteiger partial charge in [0.15, 0.2) is 8.32 Å². The van der Waals surface area contributed by atoms with Crippen LogP contribution in [0.3, 0.4) is 0 Å². The molecule has 0 heterocycles. The second kappa shape index (κ2) is 9.75. The molecule has 0 spiro atoms. The highest BCUT2D eigenvalue weighted by Gasteiger charge is 2.45. The Bertz CT molecular complexity index is 366. The van der Waals surface area contributed by atoms with E-state index < -0.39 is 20.3 Å². The fourth-order valence-electron chi connectivity index (χ4n) is 3.83. The van der Waals surface area contributed by atoms with E-state index in [1.165, 1.54) is 0 Å². The molecule has 136 valence electrons. The lowest BCUT2D eigenvalue weighted by Crippen LogP contribution is -2.49. The molecule has 0 amide bonds. The maximum Gasteiger partial charge on any atom is 0.200 e. The van der Waals surface area contributed by atoms with E-state index in [0.717, 1.165) is 0 Å². The molecular weight excluding hydrogens is 304 g/mol. The van der Waals surface area contributed by atoms with E-state index >= 15 is 0 Å².